The van der Waals surface area contributed by atoms with Crippen LogP contribution in [0.2, 0.25) is 0 Å². The molecule has 0 fully saturated rings. The summed E-state index contributed by atoms with van der Waals surface area (Å²) < 4.78 is 16.7. The highest BCUT2D eigenvalue weighted by molar-refractivity contribution is 7.93. The Morgan fingerprint density at radius 2 is 2.05 bits per heavy atom. The van der Waals surface area contributed by atoms with E-state index in [9.17, 15) is 9.42 Å². The molecule has 1 aromatic heterocycles. The summed E-state index contributed by atoms with van der Waals surface area (Å²) in [6, 6.07) is 11.3. The molecule has 1 aliphatic carbocycles. The molecule has 3 rings (SSSR count). The van der Waals surface area contributed by atoms with Crippen LogP contribution >= 0.6 is 0 Å². The van der Waals surface area contributed by atoms with E-state index >= 15 is 0 Å². The van der Waals surface area contributed by atoms with Gasteiger partial charge in [-0.15, -0.1) is 0 Å². The van der Waals surface area contributed by atoms with E-state index in [0.29, 0.717) is 4.90 Å². The molecule has 1 aliphatic rings. The monoisotopic (exact) mass is 302 g/mol. The summed E-state index contributed by atoms with van der Waals surface area (Å²) in [4.78, 5) is 4.98. The maximum absolute atomic E-state index is 13.3. The second kappa shape index (κ2) is 5.58. The molecule has 5 heteroatoms. The van der Waals surface area contributed by atoms with E-state index in [1.165, 1.54) is 0 Å². The average Bonchev–Trinajstić information content (AvgIpc) is 2.54. The van der Waals surface area contributed by atoms with E-state index in [-0.39, 0.29) is 5.25 Å². The lowest BCUT2D eigenvalue weighted by Crippen LogP contribution is -2.20. The minimum Gasteiger partial charge on any atom is -0.260 e. The van der Waals surface area contributed by atoms with Crippen molar-refractivity contribution < 1.29 is 9.42 Å². The zero-order chi connectivity index (χ0) is 14.9. The SMILES string of the molecule is Cc1ccc(S(=O)(=NO)C2CCCc3cccnc32)cc1. The van der Waals surface area contributed by atoms with Crippen molar-refractivity contribution in [3.8, 4) is 0 Å². The van der Waals surface area contributed by atoms with Crippen LogP contribution in [0.25, 0.3) is 0 Å². The summed E-state index contributed by atoms with van der Waals surface area (Å²) in [7, 11) is -2.92. The molecular weight excluding hydrogens is 284 g/mol. The van der Waals surface area contributed by atoms with Crippen LogP contribution in [0.3, 0.4) is 0 Å². The largest absolute Gasteiger partial charge is 0.260 e. The van der Waals surface area contributed by atoms with Crippen LogP contribution in [0.1, 0.15) is 34.9 Å². The van der Waals surface area contributed by atoms with E-state index in [1.54, 1.807) is 18.3 Å². The lowest BCUT2D eigenvalue weighted by molar-refractivity contribution is 0.323. The maximum Gasteiger partial charge on any atom is 0.112 e. The molecule has 2 aromatic rings. The Bertz CT molecular complexity index is 762. The van der Waals surface area contributed by atoms with Gasteiger partial charge in [0.1, 0.15) is 9.73 Å². The van der Waals surface area contributed by atoms with Gasteiger partial charge in [0.05, 0.1) is 15.8 Å². The Labute approximate surface area is 125 Å². The van der Waals surface area contributed by atoms with Gasteiger partial charge in [0.15, 0.2) is 0 Å². The molecule has 4 nitrogen and oxygen atoms in total. The third-order valence-electron chi connectivity index (χ3n) is 4.01. The normalized spacial score (nSPS) is 20.4. The zero-order valence-electron chi connectivity index (χ0n) is 11.9. The molecule has 0 spiro atoms. The zero-order valence-corrected chi connectivity index (χ0v) is 12.7. The van der Waals surface area contributed by atoms with Crippen LogP contribution in [0, 0.1) is 6.92 Å². The van der Waals surface area contributed by atoms with E-state index in [1.807, 2.05) is 31.2 Å². The van der Waals surface area contributed by atoms with Crippen LogP contribution < -0.4 is 0 Å². The van der Waals surface area contributed by atoms with Gasteiger partial charge >= 0.3 is 0 Å². The minimum atomic E-state index is -2.92. The van der Waals surface area contributed by atoms with Crippen molar-refractivity contribution in [2.75, 3.05) is 0 Å². The number of hydrogen-bond donors (Lipinski definition) is 1. The third kappa shape index (κ3) is 2.47. The standard InChI is InChI=1S/C16H18N2O2S/c1-12-7-9-14(10-8-12)21(20,18-19)15-6-2-4-13-5-3-11-17-16(13)15/h3,5,7-11,15,19H,2,4,6H2,1H3. The summed E-state index contributed by atoms with van der Waals surface area (Å²) in [6.07, 6.45) is 4.31. The Balaban J connectivity index is 2.14. The molecule has 0 amide bonds. The first kappa shape index (κ1) is 14.2. The van der Waals surface area contributed by atoms with Crippen LogP contribution in [0.5, 0.6) is 0 Å². The highest BCUT2D eigenvalue weighted by Gasteiger charge is 2.32. The Kier molecular flexibility index (Phi) is 3.78. The quantitative estimate of drug-likeness (QED) is 0.861. The molecule has 1 heterocycles. The van der Waals surface area contributed by atoms with Crippen LogP contribution in [0.4, 0.5) is 0 Å². The molecule has 0 radical (unpaired) electrons. The fourth-order valence-electron chi connectivity index (χ4n) is 2.88. The first-order valence-corrected chi connectivity index (χ1v) is 8.63. The second-order valence-electron chi connectivity index (χ2n) is 5.39. The van der Waals surface area contributed by atoms with Gasteiger partial charge < -0.3 is 0 Å². The number of aryl methyl sites for hydroxylation is 2. The maximum atomic E-state index is 13.3. The second-order valence-corrected chi connectivity index (χ2v) is 7.73. The van der Waals surface area contributed by atoms with E-state index < -0.39 is 9.73 Å². The van der Waals surface area contributed by atoms with Gasteiger partial charge in [0.25, 0.3) is 0 Å². The lowest BCUT2D eigenvalue weighted by Gasteiger charge is -2.26. The minimum absolute atomic E-state index is 0.352. The average molecular weight is 302 g/mol. The molecule has 110 valence electrons. The number of pyridine rings is 1. The fraction of sp³-hybridized carbons (Fsp3) is 0.312. The molecule has 1 aromatic carbocycles. The number of nitrogens with zero attached hydrogens (tertiary/aromatic N) is 2. The molecule has 0 aliphatic heterocycles. The van der Waals surface area contributed by atoms with Gasteiger partial charge in [-0.05, 0) is 49.9 Å². The molecule has 21 heavy (non-hydrogen) atoms. The van der Waals surface area contributed by atoms with Crippen LogP contribution in [0.15, 0.2) is 52.0 Å². The molecule has 1 N–H and O–H groups in total. The summed E-state index contributed by atoms with van der Waals surface area (Å²) in [5.74, 6) is 0. The van der Waals surface area contributed by atoms with E-state index in [2.05, 4.69) is 9.51 Å². The number of fused-ring (bicyclic) bond motifs is 1. The van der Waals surface area contributed by atoms with Crippen molar-refractivity contribution in [1.82, 2.24) is 4.98 Å². The van der Waals surface area contributed by atoms with Crippen molar-refractivity contribution in [2.24, 2.45) is 4.53 Å². The van der Waals surface area contributed by atoms with E-state index in [0.717, 1.165) is 36.1 Å². The van der Waals surface area contributed by atoms with Crippen molar-refractivity contribution >= 4 is 9.73 Å². The molecule has 0 bridgehead atoms. The molecule has 0 saturated heterocycles. The van der Waals surface area contributed by atoms with Gasteiger partial charge in [-0.2, -0.15) is 0 Å². The predicted molar refractivity (Wildman–Crippen MR) is 81.7 cm³/mol. The van der Waals surface area contributed by atoms with Crippen molar-refractivity contribution in [2.45, 2.75) is 36.3 Å². The van der Waals surface area contributed by atoms with Crippen molar-refractivity contribution in [1.29, 1.82) is 0 Å². The number of benzene rings is 1. The van der Waals surface area contributed by atoms with Gasteiger partial charge in [-0.1, -0.05) is 28.3 Å². The van der Waals surface area contributed by atoms with Crippen molar-refractivity contribution in [3.63, 3.8) is 0 Å². The first-order chi connectivity index (χ1) is 10.1. The number of hydrogen-bond acceptors (Lipinski definition) is 3. The summed E-state index contributed by atoms with van der Waals surface area (Å²) in [5.41, 5.74) is 3.00. The third-order valence-corrected chi connectivity index (χ3v) is 6.43. The van der Waals surface area contributed by atoms with Gasteiger partial charge in [-0.3, -0.25) is 10.2 Å². The van der Waals surface area contributed by atoms with Crippen LogP contribution in [-0.2, 0) is 16.1 Å². The molecule has 2 atom stereocenters. The van der Waals surface area contributed by atoms with Crippen LogP contribution in [-0.4, -0.2) is 14.4 Å². The highest BCUT2D eigenvalue weighted by Crippen LogP contribution is 2.38. The van der Waals surface area contributed by atoms with Crippen molar-refractivity contribution in [3.05, 3.63) is 59.4 Å². The summed E-state index contributed by atoms with van der Waals surface area (Å²) >= 11 is 0. The Morgan fingerprint density at radius 3 is 2.76 bits per heavy atom. The Morgan fingerprint density at radius 1 is 1.29 bits per heavy atom. The molecule has 0 saturated carbocycles. The lowest BCUT2D eigenvalue weighted by atomic mass is 9.96. The number of rotatable bonds is 2. The Hall–Kier alpha value is -1.72. The highest BCUT2D eigenvalue weighted by atomic mass is 32.2. The van der Waals surface area contributed by atoms with Gasteiger partial charge in [0, 0.05) is 6.20 Å². The fourth-order valence-corrected chi connectivity index (χ4v) is 4.94. The smallest absolute Gasteiger partial charge is 0.112 e. The number of aromatic nitrogens is 1. The predicted octanol–water partition coefficient (Wildman–Crippen LogP) is 3.68. The topological polar surface area (TPSA) is 62.5 Å². The first-order valence-electron chi connectivity index (χ1n) is 7.05. The van der Waals surface area contributed by atoms with Gasteiger partial charge in [0.2, 0.25) is 0 Å². The molecular formula is C16H18N2O2S. The molecule has 2 unspecified atom stereocenters. The van der Waals surface area contributed by atoms with E-state index in [4.69, 9.17) is 0 Å². The summed E-state index contributed by atoms with van der Waals surface area (Å²) in [5, 5.41) is 9.16. The van der Waals surface area contributed by atoms with Gasteiger partial charge in [-0.25, -0.2) is 4.21 Å². The summed E-state index contributed by atoms with van der Waals surface area (Å²) in [6.45, 7) is 1.97.